The van der Waals surface area contributed by atoms with Crippen LogP contribution in [-0.4, -0.2) is 6.29 Å². The van der Waals surface area contributed by atoms with Gasteiger partial charge in [0, 0.05) is 11.3 Å². The topological polar surface area (TPSA) is 55.1 Å². The van der Waals surface area contributed by atoms with Gasteiger partial charge < -0.3 is 11.1 Å². The van der Waals surface area contributed by atoms with Crippen LogP contribution in [0.4, 0.5) is 17.1 Å². The van der Waals surface area contributed by atoms with Gasteiger partial charge in [-0.05, 0) is 35.4 Å². The molecule has 108 valence electrons. The summed E-state index contributed by atoms with van der Waals surface area (Å²) in [4.78, 5) is 11.2. The molecular formula is C19H16N2O. The van der Waals surface area contributed by atoms with E-state index in [-0.39, 0.29) is 0 Å². The van der Waals surface area contributed by atoms with Crippen molar-refractivity contribution >= 4 is 23.3 Å². The monoisotopic (exact) mass is 288 g/mol. The SMILES string of the molecule is Nc1cc(-c2ccccc2C=O)ccc1Nc1ccccc1. The van der Waals surface area contributed by atoms with Crippen molar-refractivity contribution < 1.29 is 4.79 Å². The average molecular weight is 288 g/mol. The number of anilines is 3. The first kappa shape index (κ1) is 13.9. The lowest BCUT2D eigenvalue weighted by Crippen LogP contribution is -1.97. The van der Waals surface area contributed by atoms with Gasteiger partial charge in [0.15, 0.2) is 6.29 Å². The normalized spacial score (nSPS) is 10.2. The van der Waals surface area contributed by atoms with Crippen LogP contribution in [-0.2, 0) is 0 Å². The summed E-state index contributed by atoms with van der Waals surface area (Å²) in [5.74, 6) is 0. The molecule has 0 bridgehead atoms. The van der Waals surface area contributed by atoms with E-state index in [1.165, 1.54) is 0 Å². The zero-order chi connectivity index (χ0) is 15.4. The number of hydrogen-bond acceptors (Lipinski definition) is 3. The van der Waals surface area contributed by atoms with E-state index in [2.05, 4.69) is 5.32 Å². The van der Waals surface area contributed by atoms with Crippen molar-refractivity contribution in [2.45, 2.75) is 0 Å². The van der Waals surface area contributed by atoms with Crippen LogP contribution >= 0.6 is 0 Å². The minimum Gasteiger partial charge on any atom is -0.397 e. The lowest BCUT2D eigenvalue weighted by atomic mass is 9.99. The summed E-state index contributed by atoms with van der Waals surface area (Å²) in [6, 6.07) is 23.1. The van der Waals surface area contributed by atoms with E-state index in [0.717, 1.165) is 28.8 Å². The second kappa shape index (κ2) is 6.14. The molecule has 0 aliphatic heterocycles. The Morgan fingerprint density at radius 1 is 0.864 bits per heavy atom. The Kier molecular flexibility index (Phi) is 3.88. The highest BCUT2D eigenvalue weighted by Gasteiger charge is 2.06. The van der Waals surface area contributed by atoms with Gasteiger partial charge >= 0.3 is 0 Å². The Morgan fingerprint density at radius 3 is 2.32 bits per heavy atom. The predicted octanol–water partition coefficient (Wildman–Crippen LogP) is 4.49. The van der Waals surface area contributed by atoms with Crippen molar-refractivity contribution in [2.24, 2.45) is 0 Å². The molecule has 0 amide bonds. The molecule has 3 rings (SSSR count). The zero-order valence-corrected chi connectivity index (χ0v) is 12.0. The van der Waals surface area contributed by atoms with Crippen LogP contribution in [0.15, 0.2) is 72.8 Å². The van der Waals surface area contributed by atoms with E-state index in [4.69, 9.17) is 5.73 Å². The summed E-state index contributed by atoms with van der Waals surface area (Å²) < 4.78 is 0. The van der Waals surface area contributed by atoms with Gasteiger partial charge in [0.05, 0.1) is 11.4 Å². The number of carbonyl (C=O) groups is 1. The fourth-order valence-electron chi connectivity index (χ4n) is 2.38. The van der Waals surface area contributed by atoms with Gasteiger partial charge in [0.2, 0.25) is 0 Å². The second-order valence-electron chi connectivity index (χ2n) is 5.00. The van der Waals surface area contributed by atoms with Crippen molar-refractivity contribution in [1.29, 1.82) is 0 Å². The number of hydrogen-bond donors (Lipinski definition) is 2. The van der Waals surface area contributed by atoms with Crippen molar-refractivity contribution in [2.75, 3.05) is 11.1 Å². The summed E-state index contributed by atoms with van der Waals surface area (Å²) in [5.41, 5.74) is 11.1. The molecule has 0 saturated heterocycles. The first-order valence-electron chi connectivity index (χ1n) is 7.04. The molecule has 0 atom stereocenters. The molecule has 0 saturated carbocycles. The number of nitrogens with two attached hydrogens (primary N) is 1. The molecule has 0 fully saturated rings. The molecule has 3 nitrogen and oxygen atoms in total. The van der Waals surface area contributed by atoms with Crippen LogP contribution in [0, 0.1) is 0 Å². The lowest BCUT2D eigenvalue weighted by molar-refractivity contribution is 0.112. The molecule has 0 radical (unpaired) electrons. The van der Waals surface area contributed by atoms with Crippen LogP contribution < -0.4 is 11.1 Å². The van der Waals surface area contributed by atoms with E-state index in [0.29, 0.717) is 11.3 Å². The molecule has 0 aliphatic rings. The van der Waals surface area contributed by atoms with Gasteiger partial charge in [-0.15, -0.1) is 0 Å². The van der Waals surface area contributed by atoms with E-state index in [1.54, 1.807) is 6.07 Å². The van der Waals surface area contributed by atoms with E-state index >= 15 is 0 Å². The van der Waals surface area contributed by atoms with E-state index in [9.17, 15) is 4.79 Å². The van der Waals surface area contributed by atoms with Gasteiger partial charge in [-0.1, -0.05) is 48.5 Å². The number of nitrogen functional groups attached to an aromatic ring is 1. The third kappa shape index (κ3) is 2.83. The third-order valence-corrected chi connectivity index (χ3v) is 3.50. The highest BCUT2D eigenvalue weighted by atomic mass is 16.1. The Labute approximate surface area is 129 Å². The maximum Gasteiger partial charge on any atom is 0.150 e. The molecule has 0 unspecified atom stereocenters. The predicted molar refractivity (Wildman–Crippen MR) is 91.4 cm³/mol. The summed E-state index contributed by atoms with van der Waals surface area (Å²) in [5, 5.41) is 3.28. The molecule has 0 spiro atoms. The average Bonchev–Trinajstić information content (AvgIpc) is 2.57. The van der Waals surface area contributed by atoms with Crippen molar-refractivity contribution in [3.63, 3.8) is 0 Å². The van der Waals surface area contributed by atoms with E-state index < -0.39 is 0 Å². The third-order valence-electron chi connectivity index (χ3n) is 3.50. The smallest absolute Gasteiger partial charge is 0.150 e. The first-order valence-corrected chi connectivity index (χ1v) is 7.04. The molecule has 3 heteroatoms. The second-order valence-corrected chi connectivity index (χ2v) is 5.00. The maximum absolute atomic E-state index is 11.2. The number of para-hydroxylation sites is 1. The highest BCUT2D eigenvalue weighted by Crippen LogP contribution is 2.30. The standard InChI is InChI=1S/C19H16N2O/c20-18-12-14(17-9-5-4-6-15(17)13-22)10-11-19(18)21-16-7-2-1-3-8-16/h1-13,21H,20H2. The molecule has 0 aromatic heterocycles. The van der Waals surface area contributed by atoms with Crippen molar-refractivity contribution in [3.05, 3.63) is 78.4 Å². The molecule has 0 heterocycles. The van der Waals surface area contributed by atoms with Gasteiger partial charge in [-0.2, -0.15) is 0 Å². The fourth-order valence-corrected chi connectivity index (χ4v) is 2.38. The van der Waals surface area contributed by atoms with Crippen LogP contribution in [0.5, 0.6) is 0 Å². The zero-order valence-electron chi connectivity index (χ0n) is 12.0. The number of aldehydes is 1. The molecule has 0 aliphatic carbocycles. The fraction of sp³-hybridized carbons (Fsp3) is 0. The van der Waals surface area contributed by atoms with Crippen LogP contribution in [0.2, 0.25) is 0 Å². The molecule has 3 aromatic rings. The molecule has 22 heavy (non-hydrogen) atoms. The number of nitrogens with one attached hydrogen (secondary N) is 1. The summed E-state index contributed by atoms with van der Waals surface area (Å²) in [7, 11) is 0. The summed E-state index contributed by atoms with van der Waals surface area (Å²) in [6.07, 6.45) is 0.863. The van der Waals surface area contributed by atoms with Gasteiger partial charge in [-0.25, -0.2) is 0 Å². The Hall–Kier alpha value is -3.07. The number of benzene rings is 3. The van der Waals surface area contributed by atoms with Crippen molar-refractivity contribution in [1.82, 2.24) is 0 Å². The first-order chi connectivity index (χ1) is 10.8. The lowest BCUT2D eigenvalue weighted by Gasteiger charge is -2.12. The Balaban J connectivity index is 1.94. The molecule has 3 aromatic carbocycles. The highest BCUT2D eigenvalue weighted by molar-refractivity contribution is 5.89. The minimum absolute atomic E-state index is 0.641. The van der Waals surface area contributed by atoms with Gasteiger partial charge in [0.25, 0.3) is 0 Å². The van der Waals surface area contributed by atoms with Crippen LogP contribution in [0.3, 0.4) is 0 Å². The molecule has 3 N–H and O–H groups in total. The van der Waals surface area contributed by atoms with Crippen LogP contribution in [0.25, 0.3) is 11.1 Å². The summed E-state index contributed by atoms with van der Waals surface area (Å²) in [6.45, 7) is 0. The number of rotatable bonds is 4. The largest absolute Gasteiger partial charge is 0.397 e. The minimum atomic E-state index is 0.641. The Morgan fingerprint density at radius 2 is 1.59 bits per heavy atom. The van der Waals surface area contributed by atoms with Crippen molar-refractivity contribution in [3.8, 4) is 11.1 Å². The van der Waals surface area contributed by atoms with Gasteiger partial charge in [0.1, 0.15) is 0 Å². The van der Waals surface area contributed by atoms with Gasteiger partial charge in [-0.3, -0.25) is 4.79 Å². The van der Waals surface area contributed by atoms with Crippen LogP contribution in [0.1, 0.15) is 10.4 Å². The maximum atomic E-state index is 11.2. The van der Waals surface area contributed by atoms with E-state index in [1.807, 2.05) is 66.7 Å². The Bertz CT molecular complexity index is 798. The quantitative estimate of drug-likeness (QED) is 0.549. The number of carbonyl (C=O) groups excluding carboxylic acids is 1. The molecular weight excluding hydrogens is 272 g/mol. The summed E-state index contributed by atoms with van der Waals surface area (Å²) >= 11 is 0.